The number of hydrogen-bond donors (Lipinski definition) is 0. The fraction of sp³-hybridized carbons (Fsp3) is 0.700. The average molecular weight is 355 g/mol. The summed E-state index contributed by atoms with van der Waals surface area (Å²) in [6, 6.07) is 2.53. The zero-order chi connectivity index (χ0) is 14.0. The van der Waals surface area contributed by atoms with E-state index in [1.807, 2.05) is 0 Å². The number of sulfone groups is 1. The van der Waals surface area contributed by atoms with Crippen molar-refractivity contribution in [1.82, 2.24) is 9.78 Å². The lowest BCUT2D eigenvalue weighted by atomic mass is 10.7. The van der Waals surface area contributed by atoms with E-state index in [0.29, 0.717) is 11.2 Å². The van der Waals surface area contributed by atoms with E-state index in [4.69, 9.17) is 4.74 Å². The van der Waals surface area contributed by atoms with Gasteiger partial charge in [0.1, 0.15) is 11.3 Å². The molecule has 1 aromatic rings. The molecule has 0 aliphatic heterocycles. The van der Waals surface area contributed by atoms with Crippen LogP contribution < -0.4 is 0 Å². The van der Waals surface area contributed by atoms with Gasteiger partial charge in [0.15, 0.2) is 14.9 Å². The minimum absolute atomic E-state index is 0.165. The van der Waals surface area contributed by atoms with Gasteiger partial charge in [-0.2, -0.15) is 5.10 Å². The van der Waals surface area contributed by atoms with E-state index in [1.165, 1.54) is 10.7 Å². The number of rotatable bonds is 6. The van der Waals surface area contributed by atoms with Crippen molar-refractivity contribution in [2.24, 2.45) is 0 Å². The van der Waals surface area contributed by atoms with Crippen LogP contribution >= 0.6 is 15.9 Å². The van der Waals surface area contributed by atoms with Crippen molar-refractivity contribution < 1.29 is 13.2 Å². The lowest BCUT2D eigenvalue weighted by molar-refractivity contribution is 0.0720. The molecule has 1 aromatic heterocycles. The molecule has 5 nitrogen and oxygen atoms in total. The quantitative estimate of drug-likeness (QED) is 0.581. The number of aromatic nitrogens is 2. The summed E-state index contributed by atoms with van der Waals surface area (Å²) < 4.78 is 30.4. The fourth-order valence-electron chi connectivity index (χ4n) is 1.29. The van der Waals surface area contributed by atoms with E-state index in [2.05, 4.69) is 40.7 Å². The lowest BCUT2D eigenvalue weighted by Gasteiger charge is -2.15. The topological polar surface area (TPSA) is 61.2 Å². The zero-order valence-electron chi connectivity index (χ0n) is 11.1. The SMILES string of the molecule is C[Si](C)(C)CCOCn1nc(Br)cc1S(C)(=O)=O. The maximum absolute atomic E-state index is 11.5. The number of ether oxygens (including phenoxy) is 1. The summed E-state index contributed by atoms with van der Waals surface area (Å²) in [6.45, 7) is 7.60. The summed E-state index contributed by atoms with van der Waals surface area (Å²) >= 11 is 3.17. The molecule has 0 aliphatic rings. The normalized spacial score (nSPS) is 12.9. The van der Waals surface area contributed by atoms with Crippen LogP contribution in [0.2, 0.25) is 25.7 Å². The Morgan fingerprint density at radius 3 is 2.56 bits per heavy atom. The summed E-state index contributed by atoms with van der Waals surface area (Å²) in [4.78, 5) is 0. The molecule has 0 bridgehead atoms. The molecule has 0 aromatic carbocycles. The van der Waals surface area contributed by atoms with Crippen LogP contribution in [0.4, 0.5) is 0 Å². The predicted octanol–water partition coefficient (Wildman–Crippen LogP) is 2.36. The fourth-order valence-corrected chi connectivity index (χ4v) is 3.41. The Morgan fingerprint density at radius 2 is 2.06 bits per heavy atom. The summed E-state index contributed by atoms with van der Waals surface area (Å²) in [5, 5.41) is 4.22. The van der Waals surface area contributed by atoms with Gasteiger partial charge in [-0.05, 0) is 22.0 Å². The zero-order valence-corrected chi connectivity index (χ0v) is 14.5. The first-order chi connectivity index (χ1) is 8.09. The highest BCUT2D eigenvalue weighted by molar-refractivity contribution is 9.10. The number of nitrogens with zero attached hydrogens (tertiary/aromatic N) is 2. The molecule has 1 rings (SSSR count). The van der Waals surface area contributed by atoms with E-state index in [9.17, 15) is 8.42 Å². The largest absolute Gasteiger partial charge is 0.359 e. The molecule has 0 N–H and O–H groups in total. The van der Waals surface area contributed by atoms with E-state index in [1.54, 1.807) is 0 Å². The van der Waals surface area contributed by atoms with Gasteiger partial charge in [0.25, 0.3) is 0 Å². The van der Waals surface area contributed by atoms with Crippen LogP contribution in [0.15, 0.2) is 15.7 Å². The molecule has 0 radical (unpaired) electrons. The molecule has 104 valence electrons. The van der Waals surface area contributed by atoms with Gasteiger partial charge in [-0.25, -0.2) is 13.1 Å². The van der Waals surface area contributed by atoms with Crippen LogP contribution in [-0.2, 0) is 21.3 Å². The second-order valence-electron chi connectivity index (χ2n) is 5.43. The standard InChI is InChI=1S/C10H19BrN2O3SSi/c1-17(14,15)10-7-9(11)12-13(10)8-16-5-6-18(2,3)4/h7H,5-6,8H2,1-4H3. The third-order valence-electron chi connectivity index (χ3n) is 2.30. The van der Waals surface area contributed by atoms with E-state index >= 15 is 0 Å². The molecule has 0 amide bonds. The van der Waals surface area contributed by atoms with E-state index in [-0.39, 0.29) is 11.8 Å². The maximum atomic E-state index is 11.5. The van der Waals surface area contributed by atoms with Crippen molar-refractivity contribution in [3.8, 4) is 0 Å². The minimum atomic E-state index is -3.28. The Kier molecular flexibility index (Phi) is 5.16. The molecule has 0 spiro atoms. The van der Waals surface area contributed by atoms with Gasteiger partial charge in [-0.3, -0.25) is 0 Å². The van der Waals surface area contributed by atoms with Gasteiger partial charge in [-0.15, -0.1) is 0 Å². The van der Waals surface area contributed by atoms with Crippen LogP contribution in [0.1, 0.15) is 0 Å². The molecular formula is C10H19BrN2O3SSi. The molecule has 1 heterocycles. The first-order valence-electron chi connectivity index (χ1n) is 5.61. The number of halogens is 1. The Bertz CT molecular complexity index is 508. The van der Waals surface area contributed by atoms with Crippen molar-refractivity contribution in [1.29, 1.82) is 0 Å². The lowest BCUT2D eigenvalue weighted by Crippen LogP contribution is -2.22. The van der Waals surface area contributed by atoms with Crippen molar-refractivity contribution in [3.63, 3.8) is 0 Å². The van der Waals surface area contributed by atoms with Crippen LogP contribution in [0, 0.1) is 0 Å². The van der Waals surface area contributed by atoms with Crippen molar-refractivity contribution in [2.75, 3.05) is 12.9 Å². The van der Waals surface area contributed by atoms with Gasteiger partial charge in [-0.1, -0.05) is 19.6 Å². The molecule has 0 saturated heterocycles. The van der Waals surface area contributed by atoms with Crippen molar-refractivity contribution >= 4 is 33.8 Å². The number of hydrogen-bond acceptors (Lipinski definition) is 4. The van der Waals surface area contributed by atoms with Crippen LogP contribution in [-0.4, -0.2) is 39.1 Å². The van der Waals surface area contributed by atoms with Crippen molar-refractivity contribution in [2.45, 2.75) is 37.4 Å². The maximum Gasteiger partial charge on any atom is 0.192 e. The van der Waals surface area contributed by atoms with E-state index < -0.39 is 17.9 Å². The van der Waals surface area contributed by atoms with Gasteiger partial charge in [0.2, 0.25) is 0 Å². The van der Waals surface area contributed by atoms with E-state index in [0.717, 1.165) is 12.3 Å². The summed E-state index contributed by atoms with van der Waals surface area (Å²) in [6.07, 6.45) is 1.16. The molecule has 0 atom stereocenters. The monoisotopic (exact) mass is 354 g/mol. The highest BCUT2D eigenvalue weighted by atomic mass is 79.9. The van der Waals surface area contributed by atoms with Gasteiger partial charge >= 0.3 is 0 Å². The minimum Gasteiger partial charge on any atom is -0.359 e. The highest BCUT2D eigenvalue weighted by Gasteiger charge is 2.17. The summed E-state index contributed by atoms with van der Waals surface area (Å²) in [5.74, 6) is 0. The van der Waals surface area contributed by atoms with Gasteiger partial charge in [0.05, 0.1) is 0 Å². The van der Waals surface area contributed by atoms with Crippen molar-refractivity contribution in [3.05, 3.63) is 10.7 Å². The third kappa shape index (κ3) is 5.21. The van der Waals surface area contributed by atoms with Crippen LogP contribution in [0.3, 0.4) is 0 Å². The Morgan fingerprint density at radius 1 is 1.44 bits per heavy atom. The second-order valence-corrected chi connectivity index (χ2v) is 13.8. The second kappa shape index (κ2) is 5.85. The Hall–Kier alpha value is -0.183. The molecule has 8 heteroatoms. The first-order valence-corrected chi connectivity index (χ1v) is 12.0. The Labute approximate surface area is 118 Å². The van der Waals surface area contributed by atoms with Crippen LogP contribution in [0.5, 0.6) is 0 Å². The molecule has 0 unspecified atom stereocenters. The first kappa shape index (κ1) is 15.9. The van der Waals surface area contributed by atoms with Gasteiger partial charge < -0.3 is 4.74 Å². The van der Waals surface area contributed by atoms with Crippen LogP contribution in [0.25, 0.3) is 0 Å². The molecular weight excluding hydrogens is 336 g/mol. The molecule has 0 saturated carbocycles. The smallest absolute Gasteiger partial charge is 0.192 e. The van der Waals surface area contributed by atoms with Gasteiger partial charge in [0, 0.05) is 27.0 Å². The highest BCUT2D eigenvalue weighted by Crippen LogP contribution is 2.16. The molecule has 0 fully saturated rings. The average Bonchev–Trinajstić information content (AvgIpc) is 2.52. The summed E-state index contributed by atoms with van der Waals surface area (Å²) in [5.41, 5.74) is 0. The third-order valence-corrected chi connectivity index (χ3v) is 5.48. The Balaban J connectivity index is 2.63. The predicted molar refractivity (Wildman–Crippen MR) is 77.1 cm³/mol. The molecule has 18 heavy (non-hydrogen) atoms. The summed E-state index contributed by atoms with van der Waals surface area (Å²) in [7, 11) is -4.40. The molecule has 0 aliphatic carbocycles.